The Bertz CT molecular complexity index is 664. The third kappa shape index (κ3) is 5.03. The summed E-state index contributed by atoms with van der Waals surface area (Å²) < 4.78 is 31.5. The highest BCUT2D eigenvalue weighted by Crippen LogP contribution is 2.31. The third-order valence-corrected chi connectivity index (χ3v) is 5.07. The fraction of sp³-hybridized carbons (Fsp3) is 0.538. The molecular weight excluding hydrogens is 346 g/mol. The Labute approximate surface area is 142 Å². The maximum absolute atomic E-state index is 12.7. The molecule has 1 rings (SSSR count). The van der Waals surface area contributed by atoms with Gasteiger partial charge in [0.2, 0.25) is 10.0 Å². The molecule has 0 atom stereocenters. The van der Waals surface area contributed by atoms with Crippen LogP contribution in [-0.4, -0.2) is 44.9 Å². The number of hydrogen-bond donors (Lipinski definition) is 1. The number of sulfonamides is 1. The Morgan fingerprint density at radius 1 is 1.39 bits per heavy atom. The van der Waals surface area contributed by atoms with Crippen LogP contribution in [0.2, 0.25) is 0 Å². The quantitative estimate of drug-likeness (QED) is 0.578. The van der Waals surface area contributed by atoms with Gasteiger partial charge >= 0.3 is 0 Å². The first-order valence-corrected chi connectivity index (χ1v) is 7.98. The summed E-state index contributed by atoms with van der Waals surface area (Å²) in [5.74, 6) is 0.0583. The number of halogens is 1. The molecule has 1 aromatic rings. The van der Waals surface area contributed by atoms with Gasteiger partial charge in [-0.05, 0) is 18.0 Å². The number of nitro groups is 1. The molecule has 0 bridgehead atoms. The maximum atomic E-state index is 12.7. The van der Waals surface area contributed by atoms with Crippen molar-refractivity contribution in [2.45, 2.75) is 18.7 Å². The van der Waals surface area contributed by atoms with Crippen LogP contribution in [0.15, 0.2) is 23.1 Å². The average Bonchev–Trinajstić information content (AvgIpc) is 2.45. The second kappa shape index (κ2) is 7.91. The minimum atomic E-state index is -3.93. The summed E-state index contributed by atoms with van der Waals surface area (Å²) in [5, 5.41) is 10.9. The molecular formula is C13H22ClN3O5S. The van der Waals surface area contributed by atoms with Crippen LogP contribution in [0.3, 0.4) is 0 Å². The third-order valence-electron chi connectivity index (χ3n) is 3.25. The Morgan fingerprint density at radius 2 is 1.96 bits per heavy atom. The van der Waals surface area contributed by atoms with E-state index in [0.717, 1.165) is 10.4 Å². The molecule has 23 heavy (non-hydrogen) atoms. The van der Waals surface area contributed by atoms with Gasteiger partial charge in [-0.3, -0.25) is 10.1 Å². The molecule has 0 fully saturated rings. The zero-order valence-electron chi connectivity index (χ0n) is 13.5. The van der Waals surface area contributed by atoms with Crippen molar-refractivity contribution < 1.29 is 18.1 Å². The number of nitro benzene ring substituents is 1. The Morgan fingerprint density at radius 3 is 2.39 bits per heavy atom. The summed E-state index contributed by atoms with van der Waals surface area (Å²) in [5.41, 5.74) is 4.89. The van der Waals surface area contributed by atoms with E-state index in [1.54, 1.807) is 0 Å². The molecule has 0 unspecified atom stereocenters. The van der Waals surface area contributed by atoms with Gasteiger partial charge in [0.15, 0.2) is 0 Å². The molecule has 0 aliphatic rings. The second-order valence-corrected chi connectivity index (χ2v) is 7.73. The summed E-state index contributed by atoms with van der Waals surface area (Å²) in [4.78, 5) is 9.98. The zero-order valence-corrected chi connectivity index (χ0v) is 15.1. The molecule has 0 aliphatic carbocycles. The molecule has 132 valence electrons. The summed E-state index contributed by atoms with van der Waals surface area (Å²) >= 11 is 0. The van der Waals surface area contributed by atoms with Crippen LogP contribution in [0, 0.1) is 15.5 Å². The van der Waals surface area contributed by atoms with Crippen molar-refractivity contribution in [1.29, 1.82) is 0 Å². The minimum absolute atomic E-state index is 0. The van der Waals surface area contributed by atoms with E-state index < -0.39 is 20.4 Å². The molecule has 8 nitrogen and oxygen atoms in total. The van der Waals surface area contributed by atoms with Gasteiger partial charge in [0.1, 0.15) is 10.6 Å². The number of benzene rings is 1. The first-order chi connectivity index (χ1) is 10.0. The molecule has 0 saturated heterocycles. The van der Waals surface area contributed by atoms with Crippen LogP contribution in [0.5, 0.6) is 5.75 Å². The number of rotatable bonds is 7. The molecule has 10 heteroatoms. The lowest BCUT2D eigenvalue weighted by atomic mass is 9.94. The van der Waals surface area contributed by atoms with Crippen molar-refractivity contribution >= 4 is 28.1 Å². The lowest BCUT2D eigenvalue weighted by Gasteiger charge is -2.28. The van der Waals surface area contributed by atoms with Gasteiger partial charge in [0.05, 0.1) is 12.0 Å². The monoisotopic (exact) mass is 367 g/mol. The highest BCUT2D eigenvalue weighted by Gasteiger charge is 2.30. The summed E-state index contributed by atoms with van der Waals surface area (Å²) in [6.45, 7) is 4.16. The molecule has 0 amide bonds. The predicted octanol–water partition coefficient (Wildman–Crippen LogP) is 1.63. The van der Waals surface area contributed by atoms with Crippen molar-refractivity contribution in [2.24, 2.45) is 11.1 Å². The van der Waals surface area contributed by atoms with E-state index in [2.05, 4.69) is 0 Å². The molecule has 0 aliphatic heterocycles. The first-order valence-electron chi connectivity index (χ1n) is 6.54. The molecule has 0 saturated carbocycles. The fourth-order valence-electron chi connectivity index (χ4n) is 1.90. The molecule has 1 aromatic carbocycles. The maximum Gasteiger partial charge on any atom is 0.271 e. The summed E-state index contributed by atoms with van der Waals surface area (Å²) in [6.07, 6.45) is 0. The summed E-state index contributed by atoms with van der Waals surface area (Å²) in [6, 6.07) is 3.47. The van der Waals surface area contributed by atoms with E-state index in [0.29, 0.717) is 6.54 Å². The van der Waals surface area contributed by atoms with Crippen molar-refractivity contribution in [1.82, 2.24) is 4.31 Å². The first kappa shape index (κ1) is 21.6. The fourth-order valence-corrected chi connectivity index (χ4v) is 3.43. The number of ether oxygens (including phenoxy) is 1. The van der Waals surface area contributed by atoms with Crippen LogP contribution in [0.1, 0.15) is 13.8 Å². The molecule has 0 aromatic heterocycles. The Kier molecular flexibility index (Phi) is 7.42. The SMILES string of the molecule is COc1ccc([N+](=O)[O-])cc1S(=O)(=O)N(C)CC(C)(C)CN.Cl. The van der Waals surface area contributed by atoms with Gasteiger partial charge in [0.25, 0.3) is 5.69 Å². The van der Waals surface area contributed by atoms with E-state index in [1.165, 1.54) is 26.3 Å². The number of methoxy groups -OCH3 is 1. The van der Waals surface area contributed by atoms with Crippen molar-refractivity contribution in [2.75, 3.05) is 27.2 Å². The normalized spacial score (nSPS) is 11.9. The largest absolute Gasteiger partial charge is 0.495 e. The van der Waals surface area contributed by atoms with Crippen LogP contribution >= 0.6 is 12.4 Å². The average molecular weight is 368 g/mol. The van der Waals surface area contributed by atoms with E-state index in [4.69, 9.17) is 10.5 Å². The standard InChI is InChI=1S/C13H21N3O5S.ClH/c1-13(2,8-14)9-15(3)22(19,20)12-7-10(16(17)18)5-6-11(12)21-4;/h5-7H,8-9,14H2,1-4H3;1H. The van der Waals surface area contributed by atoms with Crippen molar-refractivity contribution in [3.63, 3.8) is 0 Å². The summed E-state index contributed by atoms with van der Waals surface area (Å²) in [7, 11) is -1.22. The van der Waals surface area contributed by atoms with Crippen LogP contribution in [0.4, 0.5) is 5.69 Å². The molecule has 2 N–H and O–H groups in total. The lowest BCUT2D eigenvalue weighted by Crippen LogP contribution is -2.39. The predicted molar refractivity (Wildman–Crippen MR) is 89.5 cm³/mol. The van der Waals surface area contributed by atoms with Crippen LogP contribution in [0.25, 0.3) is 0 Å². The Hall–Kier alpha value is -1.42. The zero-order chi connectivity index (χ0) is 17.1. The Balaban J connectivity index is 0.00000484. The molecule has 0 heterocycles. The molecule has 0 spiro atoms. The van der Waals surface area contributed by atoms with E-state index in [-0.39, 0.29) is 35.3 Å². The van der Waals surface area contributed by atoms with Crippen LogP contribution < -0.4 is 10.5 Å². The van der Waals surface area contributed by atoms with Gasteiger partial charge in [-0.1, -0.05) is 13.8 Å². The smallest absolute Gasteiger partial charge is 0.271 e. The van der Waals surface area contributed by atoms with Gasteiger partial charge in [-0.2, -0.15) is 0 Å². The lowest BCUT2D eigenvalue weighted by molar-refractivity contribution is -0.385. The van der Waals surface area contributed by atoms with Gasteiger partial charge in [-0.15, -0.1) is 12.4 Å². The minimum Gasteiger partial charge on any atom is -0.495 e. The van der Waals surface area contributed by atoms with E-state index in [1.807, 2.05) is 13.8 Å². The topological polar surface area (TPSA) is 116 Å². The number of non-ortho nitro benzene ring substituents is 1. The van der Waals surface area contributed by atoms with Gasteiger partial charge in [0, 0.05) is 25.7 Å². The van der Waals surface area contributed by atoms with E-state index >= 15 is 0 Å². The highest BCUT2D eigenvalue weighted by atomic mass is 35.5. The second-order valence-electron chi connectivity index (χ2n) is 5.72. The van der Waals surface area contributed by atoms with E-state index in [9.17, 15) is 18.5 Å². The van der Waals surface area contributed by atoms with Crippen molar-refractivity contribution in [3.05, 3.63) is 28.3 Å². The van der Waals surface area contributed by atoms with Crippen LogP contribution in [-0.2, 0) is 10.0 Å². The van der Waals surface area contributed by atoms with Gasteiger partial charge < -0.3 is 10.5 Å². The highest BCUT2D eigenvalue weighted by molar-refractivity contribution is 7.89. The number of nitrogens with two attached hydrogens (primary N) is 1. The van der Waals surface area contributed by atoms with Crippen molar-refractivity contribution in [3.8, 4) is 5.75 Å². The number of hydrogen-bond acceptors (Lipinski definition) is 6. The number of nitrogens with zero attached hydrogens (tertiary/aromatic N) is 2. The van der Waals surface area contributed by atoms with Gasteiger partial charge in [-0.25, -0.2) is 12.7 Å². The molecule has 0 radical (unpaired) electrons.